The van der Waals surface area contributed by atoms with Crippen molar-refractivity contribution in [1.29, 1.82) is 0 Å². The number of rotatable bonds is 8. The Morgan fingerprint density at radius 2 is 1.95 bits per heavy atom. The standard InChI is InChI=1S/C28H31N3O5S.2H2/c1-19-17-21(10-13-25(19)36-2)28(14-15-28)27(33)30-26-7-3-6-24(29-26)20-8-11-23(12-9-20)37(34,35)31-16-4-5-22(31)18-32;;/h3,6-13,17,22,32H,4-5,14-16,18H2,1-2H3,(H,29,30,33);2*1H/t22-;;/m1../s1. The van der Waals surface area contributed by atoms with Gasteiger partial charge >= 0.3 is 0 Å². The van der Waals surface area contributed by atoms with Crippen LogP contribution >= 0.6 is 0 Å². The molecule has 198 valence electrons. The minimum atomic E-state index is -3.68. The molecule has 1 aliphatic carbocycles. The molecular weight excluding hydrogens is 490 g/mol. The summed E-state index contributed by atoms with van der Waals surface area (Å²) in [7, 11) is -2.05. The van der Waals surface area contributed by atoms with Gasteiger partial charge in [0.05, 0.1) is 29.7 Å². The summed E-state index contributed by atoms with van der Waals surface area (Å²) >= 11 is 0. The second kappa shape index (κ2) is 9.89. The highest BCUT2D eigenvalue weighted by Gasteiger charge is 2.51. The van der Waals surface area contributed by atoms with E-state index in [0.29, 0.717) is 24.5 Å². The van der Waals surface area contributed by atoms with E-state index >= 15 is 0 Å². The summed E-state index contributed by atoms with van der Waals surface area (Å²) in [5, 5.41) is 12.5. The Hall–Kier alpha value is -3.27. The van der Waals surface area contributed by atoms with Crippen LogP contribution in [0.1, 0.15) is 39.7 Å². The number of carbonyl (C=O) groups excluding carboxylic acids is 1. The largest absolute Gasteiger partial charge is 0.496 e. The van der Waals surface area contributed by atoms with E-state index in [9.17, 15) is 18.3 Å². The molecule has 0 bridgehead atoms. The number of aryl methyl sites for hydroxylation is 1. The van der Waals surface area contributed by atoms with Crippen molar-refractivity contribution in [2.24, 2.45) is 0 Å². The molecule has 5 rings (SSSR count). The maximum absolute atomic E-state index is 13.3. The van der Waals surface area contributed by atoms with E-state index in [1.54, 1.807) is 37.4 Å². The van der Waals surface area contributed by atoms with Gasteiger partial charge in [-0.15, -0.1) is 0 Å². The van der Waals surface area contributed by atoms with Gasteiger partial charge in [-0.25, -0.2) is 13.4 Å². The maximum atomic E-state index is 13.3. The first-order chi connectivity index (χ1) is 17.8. The van der Waals surface area contributed by atoms with E-state index in [1.807, 2.05) is 37.3 Å². The van der Waals surface area contributed by atoms with E-state index in [4.69, 9.17) is 4.74 Å². The normalized spacial score (nSPS) is 18.9. The van der Waals surface area contributed by atoms with Crippen LogP contribution in [0.2, 0.25) is 0 Å². The predicted octanol–water partition coefficient (Wildman–Crippen LogP) is 4.37. The van der Waals surface area contributed by atoms with Crippen LogP contribution in [0, 0.1) is 6.92 Å². The number of pyridine rings is 1. The molecule has 3 aromatic rings. The molecule has 0 radical (unpaired) electrons. The molecule has 2 N–H and O–H groups in total. The molecular formula is C28H35N3O5S. The lowest BCUT2D eigenvalue weighted by Crippen LogP contribution is -2.37. The van der Waals surface area contributed by atoms with Gasteiger partial charge in [-0.1, -0.05) is 30.3 Å². The van der Waals surface area contributed by atoms with E-state index in [-0.39, 0.29) is 26.3 Å². The first-order valence-corrected chi connectivity index (χ1v) is 13.9. The van der Waals surface area contributed by atoms with Gasteiger partial charge < -0.3 is 15.2 Å². The molecule has 9 heteroatoms. The fourth-order valence-corrected chi connectivity index (χ4v) is 6.77. The average molecular weight is 526 g/mol. The van der Waals surface area contributed by atoms with E-state index in [0.717, 1.165) is 41.7 Å². The lowest BCUT2D eigenvalue weighted by molar-refractivity contribution is -0.118. The summed E-state index contributed by atoms with van der Waals surface area (Å²) in [5.74, 6) is 1.15. The number of ether oxygens (including phenoxy) is 1. The highest BCUT2D eigenvalue weighted by atomic mass is 32.2. The van der Waals surface area contributed by atoms with Crippen molar-refractivity contribution in [2.75, 3.05) is 25.6 Å². The summed E-state index contributed by atoms with van der Waals surface area (Å²) in [6, 6.07) is 17.4. The van der Waals surface area contributed by atoms with Crippen LogP contribution in [0.4, 0.5) is 5.82 Å². The molecule has 2 heterocycles. The maximum Gasteiger partial charge on any atom is 0.243 e. The van der Waals surface area contributed by atoms with E-state index in [2.05, 4.69) is 10.3 Å². The average Bonchev–Trinajstić information content (AvgIpc) is 3.58. The third kappa shape index (κ3) is 4.74. The summed E-state index contributed by atoms with van der Waals surface area (Å²) in [6.45, 7) is 2.20. The number of hydrogen-bond donors (Lipinski definition) is 2. The van der Waals surface area contributed by atoms with Gasteiger partial charge in [0.1, 0.15) is 11.6 Å². The fourth-order valence-electron chi connectivity index (χ4n) is 5.09. The van der Waals surface area contributed by atoms with Crippen molar-refractivity contribution in [3.05, 3.63) is 71.8 Å². The number of methoxy groups -OCH3 is 1. The van der Waals surface area contributed by atoms with Crippen LogP contribution in [0.25, 0.3) is 11.3 Å². The SMILES string of the molecule is COc1ccc(C2(C(=O)Nc3cccc(-c4ccc(S(=O)(=O)N5CCC[C@@H]5CO)cc4)n3)CC2)cc1C.[HH].[HH]. The molecule has 1 atom stereocenters. The minimum absolute atomic E-state index is 0. The molecule has 1 aromatic heterocycles. The number of nitrogens with one attached hydrogen (secondary N) is 1. The number of anilines is 1. The van der Waals surface area contributed by atoms with Crippen LogP contribution < -0.4 is 10.1 Å². The van der Waals surface area contributed by atoms with Crippen molar-refractivity contribution in [3.63, 3.8) is 0 Å². The van der Waals surface area contributed by atoms with Gasteiger partial charge in [0.15, 0.2) is 0 Å². The Bertz CT molecular complexity index is 1430. The Morgan fingerprint density at radius 1 is 1.19 bits per heavy atom. The number of aliphatic hydroxyl groups excluding tert-OH is 1. The molecule has 0 unspecified atom stereocenters. The number of sulfonamides is 1. The topological polar surface area (TPSA) is 109 Å². The number of carbonyl (C=O) groups is 1. The highest BCUT2D eigenvalue weighted by Crippen LogP contribution is 2.49. The first-order valence-electron chi connectivity index (χ1n) is 12.5. The van der Waals surface area contributed by atoms with E-state index < -0.39 is 15.4 Å². The quantitative estimate of drug-likeness (QED) is 0.452. The van der Waals surface area contributed by atoms with Gasteiger partial charge in [-0.05, 0) is 74.1 Å². The number of aliphatic hydroxyl groups is 1. The van der Waals surface area contributed by atoms with Gasteiger partial charge in [-0.3, -0.25) is 4.79 Å². The van der Waals surface area contributed by atoms with Crippen LogP contribution in [0.15, 0.2) is 65.6 Å². The van der Waals surface area contributed by atoms with Crippen molar-refractivity contribution < 1.29 is 25.9 Å². The van der Waals surface area contributed by atoms with Gasteiger partial charge in [-0.2, -0.15) is 4.31 Å². The molecule has 2 aromatic carbocycles. The lowest BCUT2D eigenvalue weighted by Gasteiger charge is -2.22. The molecule has 0 spiro atoms. The van der Waals surface area contributed by atoms with Crippen LogP contribution in [-0.2, 0) is 20.2 Å². The fraction of sp³-hybridized carbons (Fsp3) is 0.357. The number of benzene rings is 2. The van der Waals surface area contributed by atoms with Gasteiger partial charge in [0, 0.05) is 21.0 Å². The Kier molecular flexibility index (Phi) is 6.78. The third-order valence-electron chi connectivity index (χ3n) is 7.41. The van der Waals surface area contributed by atoms with Gasteiger partial charge in [0.25, 0.3) is 0 Å². The number of amides is 1. The Morgan fingerprint density at radius 3 is 2.59 bits per heavy atom. The zero-order valence-corrected chi connectivity index (χ0v) is 21.8. The second-order valence-corrected chi connectivity index (χ2v) is 11.6. The smallest absolute Gasteiger partial charge is 0.243 e. The third-order valence-corrected chi connectivity index (χ3v) is 9.38. The number of hydrogen-bond acceptors (Lipinski definition) is 6. The summed E-state index contributed by atoms with van der Waals surface area (Å²) < 4.78 is 32.8. The zero-order valence-electron chi connectivity index (χ0n) is 21.0. The molecule has 1 saturated carbocycles. The van der Waals surface area contributed by atoms with Crippen LogP contribution in [0.3, 0.4) is 0 Å². The summed E-state index contributed by atoms with van der Waals surface area (Å²) in [6.07, 6.45) is 2.95. The zero-order chi connectivity index (χ0) is 26.2. The Balaban J connectivity index is 0.00000210. The predicted molar refractivity (Wildman–Crippen MR) is 145 cm³/mol. The van der Waals surface area contributed by atoms with E-state index in [1.165, 1.54) is 4.31 Å². The van der Waals surface area contributed by atoms with Crippen molar-refractivity contribution in [2.45, 2.75) is 49.0 Å². The monoisotopic (exact) mass is 525 g/mol. The van der Waals surface area contributed by atoms with Crippen LogP contribution in [-0.4, -0.2) is 55.0 Å². The van der Waals surface area contributed by atoms with Crippen molar-refractivity contribution in [3.8, 4) is 17.0 Å². The molecule has 8 nitrogen and oxygen atoms in total. The second-order valence-electron chi connectivity index (χ2n) is 9.75. The summed E-state index contributed by atoms with van der Waals surface area (Å²) in [5.41, 5.74) is 2.76. The number of nitrogens with zero attached hydrogens (tertiary/aromatic N) is 2. The first kappa shape index (κ1) is 25.4. The van der Waals surface area contributed by atoms with Crippen LogP contribution in [0.5, 0.6) is 5.75 Å². The number of aromatic nitrogens is 1. The molecule has 1 amide bonds. The molecule has 1 aliphatic heterocycles. The Labute approximate surface area is 220 Å². The summed E-state index contributed by atoms with van der Waals surface area (Å²) in [4.78, 5) is 18.1. The van der Waals surface area contributed by atoms with Gasteiger partial charge in [0.2, 0.25) is 15.9 Å². The molecule has 2 fully saturated rings. The van der Waals surface area contributed by atoms with Crippen molar-refractivity contribution in [1.82, 2.24) is 9.29 Å². The molecule has 2 aliphatic rings. The molecule has 37 heavy (non-hydrogen) atoms. The molecule has 1 saturated heterocycles. The van der Waals surface area contributed by atoms with Crippen molar-refractivity contribution >= 4 is 21.7 Å². The lowest BCUT2D eigenvalue weighted by atomic mass is 9.93. The highest BCUT2D eigenvalue weighted by molar-refractivity contribution is 7.89. The minimum Gasteiger partial charge on any atom is -0.496 e.